The van der Waals surface area contributed by atoms with Gasteiger partial charge in [0.05, 0.1) is 6.54 Å². The van der Waals surface area contributed by atoms with Gasteiger partial charge in [0.2, 0.25) is 0 Å². The van der Waals surface area contributed by atoms with Gasteiger partial charge in [-0.15, -0.1) is 0 Å². The fraction of sp³-hybridized carbons (Fsp3) is 0.810. The van der Waals surface area contributed by atoms with E-state index in [1.54, 1.807) is 0 Å². The number of nitrogens with zero attached hydrogens (tertiary/aromatic N) is 1. The number of unbranched alkanes of at least 4 members (excludes halogenated alkanes) is 11. The molecule has 4 nitrogen and oxygen atoms in total. The molecule has 0 aromatic heterocycles. The van der Waals surface area contributed by atoms with Gasteiger partial charge < -0.3 is 9.47 Å². The molecule has 0 unspecified atom stereocenters. The van der Waals surface area contributed by atoms with Crippen molar-refractivity contribution in [2.75, 3.05) is 13.2 Å². The van der Waals surface area contributed by atoms with Gasteiger partial charge in [-0.05, 0) is 32.1 Å². The van der Waals surface area contributed by atoms with Gasteiger partial charge in [0.1, 0.15) is 6.61 Å². The summed E-state index contributed by atoms with van der Waals surface area (Å²) in [4.78, 5) is 15.5. The van der Waals surface area contributed by atoms with Crippen molar-refractivity contribution in [3.63, 3.8) is 0 Å². The summed E-state index contributed by atoms with van der Waals surface area (Å²) in [7, 11) is 0. The lowest BCUT2D eigenvalue weighted by atomic mass is 10.1. The molecule has 0 radical (unpaired) electrons. The second-order valence-electron chi connectivity index (χ2n) is 6.80. The van der Waals surface area contributed by atoms with E-state index in [9.17, 15) is 4.79 Å². The average Bonchev–Trinajstić information content (AvgIpc) is 3.11. The van der Waals surface area contributed by atoms with Crippen LogP contribution < -0.4 is 0 Å². The van der Waals surface area contributed by atoms with E-state index >= 15 is 0 Å². The van der Waals surface area contributed by atoms with Crippen molar-refractivity contribution in [3.05, 3.63) is 12.2 Å². The largest absolute Gasteiger partial charge is 0.448 e. The molecule has 4 heteroatoms. The first kappa shape index (κ1) is 21.7. The number of aliphatic imine (C=N–C) groups is 1. The first-order valence-electron chi connectivity index (χ1n) is 10.4. The highest BCUT2D eigenvalue weighted by Crippen LogP contribution is 2.10. The van der Waals surface area contributed by atoms with E-state index in [1.165, 1.54) is 70.6 Å². The van der Waals surface area contributed by atoms with Crippen LogP contribution in [0.1, 0.15) is 96.8 Å². The minimum atomic E-state index is -0.224. The molecule has 0 aromatic carbocycles. The molecular formula is C21H37NO3. The Labute approximate surface area is 154 Å². The third kappa shape index (κ3) is 13.6. The van der Waals surface area contributed by atoms with Gasteiger partial charge in [0.25, 0.3) is 0 Å². The van der Waals surface area contributed by atoms with E-state index < -0.39 is 0 Å². The smallest absolute Gasteiger partial charge is 0.391 e. The molecular weight excluding hydrogens is 314 g/mol. The molecule has 0 aliphatic carbocycles. The maximum atomic E-state index is 11.5. The quantitative estimate of drug-likeness (QED) is 0.208. The Bertz CT molecular complexity index is 391. The van der Waals surface area contributed by atoms with E-state index in [1.807, 2.05) is 0 Å². The van der Waals surface area contributed by atoms with Gasteiger partial charge >= 0.3 is 12.1 Å². The van der Waals surface area contributed by atoms with Gasteiger partial charge in [-0.25, -0.2) is 4.99 Å². The van der Waals surface area contributed by atoms with E-state index in [0.29, 0.717) is 19.6 Å². The molecule has 0 atom stereocenters. The fourth-order valence-corrected chi connectivity index (χ4v) is 2.87. The van der Waals surface area contributed by atoms with Crippen LogP contribution >= 0.6 is 0 Å². The molecule has 25 heavy (non-hydrogen) atoms. The van der Waals surface area contributed by atoms with Gasteiger partial charge in [0, 0.05) is 6.42 Å². The Hall–Kier alpha value is -1.32. The molecule has 1 aliphatic rings. The summed E-state index contributed by atoms with van der Waals surface area (Å²) in [5.74, 6) is -0.224. The van der Waals surface area contributed by atoms with E-state index in [-0.39, 0.29) is 12.1 Å². The Kier molecular flexibility index (Phi) is 14.0. The van der Waals surface area contributed by atoms with Crippen LogP contribution in [0.25, 0.3) is 0 Å². The highest BCUT2D eigenvalue weighted by molar-refractivity contribution is 5.84. The maximum absolute atomic E-state index is 11.5. The molecule has 144 valence electrons. The zero-order chi connectivity index (χ0) is 18.0. The summed E-state index contributed by atoms with van der Waals surface area (Å²) in [6.07, 6.45) is 21.6. The van der Waals surface area contributed by atoms with Crippen LogP contribution in [0.2, 0.25) is 0 Å². The van der Waals surface area contributed by atoms with Crippen LogP contribution in [0.3, 0.4) is 0 Å². The van der Waals surface area contributed by atoms with Crippen molar-refractivity contribution in [1.29, 1.82) is 0 Å². The summed E-state index contributed by atoms with van der Waals surface area (Å²) < 4.78 is 10.1. The van der Waals surface area contributed by atoms with E-state index in [2.05, 4.69) is 24.1 Å². The van der Waals surface area contributed by atoms with Crippen LogP contribution in [0.5, 0.6) is 0 Å². The summed E-state index contributed by atoms with van der Waals surface area (Å²) in [6.45, 7) is 3.38. The average molecular weight is 352 g/mol. The molecule has 1 rings (SSSR count). The molecule has 1 aliphatic heterocycles. The first-order chi connectivity index (χ1) is 12.3. The predicted molar refractivity (Wildman–Crippen MR) is 104 cm³/mol. The summed E-state index contributed by atoms with van der Waals surface area (Å²) >= 11 is 0. The third-order valence-electron chi connectivity index (χ3n) is 4.40. The van der Waals surface area contributed by atoms with Crippen molar-refractivity contribution in [2.24, 2.45) is 4.99 Å². The van der Waals surface area contributed by atoms with Crippen molar-refractivity contribution in [2.45, 2.75) is 96.8 Å². The molecule has 0 N–H and O–H groups in total. The number of carbonyl (C=O) groups is 1. The zero-order valence-corrected chi connectivity index (χ0v) is 16.1. The minimum absolute atomic E-state index is 0.151. The SMILES string of the molecule is CCCCCCCC/C=C\CCCCCCCC(=O)OC1=NCCO1. The molecule has 0 saturated heterocycles. The molecule has 0 spiro atoms. The minimum Gasteiger partial charge on any atom is -0.448 e. The number of hydrogen-bond donors (Lipinski definition) is 0. The fourth-order valence-electron chi connectivity index (χ4n) is 2.87. The van der Waals surface area contributed by atoms with Gasteiger partial charge in [-0.1, -0.05) is 70.4 Å². The number of ether oxygens (including phenoxy) is 2. The molecule has 0 bridgehead atoms. The van der Waals surface area contributed by atoms with Crippen LogP contribution in [-0.2, 0) is 14.3 Å². The lowest BCUT2D eigenvalue weighted by Crippen LogP contribution is -2.12. The first-order valence-corrected chi connectivity index (χ1v) is 10.4. The van der Waals surface area contributed by atoms with Crippen LogP contribution in [0.15, 0.2) is 17.1 Å². The zero-order valence-electron chi connectivity index (χ0n) is 16.1. The second-order valence-corrected chi connectivity index (χ2v) is 6.80. The Morgan fingerprint density at radius 2 is 1.56 bits per heavy atom. The van der Waals surface area contributed by atoms with Gasteiger partial charge in [-0.3, -0.25) is 4.79 Å². The molecule has 0 fully saturated rings. The Morgan fingerprint density at radius 1 is 0.960 bits per heavy atom. The number of esters is 1. The number of carbonyl (C=O) groups excluding carboxylic acids is 1. The Balaban J connectivity index is 1.78. The van der Waals surface area contributed by atoms with Crippen molar-refractivity contribution in [1.82, 2.24) is 0 Å². The van der Waals surface area contributed by atoms with Crippen molar-refractivity contribution in [3.8, 4) is 0 Å². The van der Waals surface area contributed by atoms with Crippen LogP contribution in [-0.4, -0.2) is 25.2 Å². The topological polar surface area (TPSA) is 47.9 Å². The van der Waals surface area contributed by atoms with Gasteiger partial charge in [0.15, 0.2) is 0 Å². The second kappa shape index (κ2) is 16.2. The predicted octanol–water partition coefficient (Wildman–Crippen LogP) is 5.95. The monoisotopic (exact) mass is 351 g/mol. The lowest BCUT2D eigenvalue weighted by Gasteiger charge is -2.03. The van der Waals surface area contributed by atoms with Crippen molar-refractivity contribution >= 4 is 12.1 Å². The normalized spacial score (nSPS) is 13.9. The van der Waals surface area contributed by atoms with Crippen LogP contribution in [0, 0.1) is 0 Å². The highest BCUT2D eigenvalue weighted by atomic mass is 16.7. The van der Waals surface area contributed by atoms with Crippen LogP contribution in [0.4, 0.5) is 0 Å². The summed E-state index contributed by atoms with van der Waals surface area (Å²) in [6, 6.07) is 0. The van der Waals surface area contributed by atoms with Gasteiger partial charge in [-0.2, -0.15) is 0 Å². The molecule has 1 heterocycles. The van der Waals surface area contributed by atoms with E-state index in [4.69, 9.17) is 9.47 Å². The number of allylic oxidation sites excluding steroid dienone is 2. The van der Waals surface area contributed by atoms with Crippen molar-refractivity contribution < 1.29 is 14.3 Å². The molecule has 0 saturated carbocycles. The third-order valence-corrected chi connectivity index (χ3v) is 4.40. The Morgan fingerprint density at radius 3 is 2.16 bits per heavy atom. The number of rotatable bonds is 15. The molecule has 0 amide bonds. The summed E-state index contributed by atoms with van der Waals surface area (Å²) in [5, 5.41) is 0. The highest BCUT2D eigenvalue weighted by Gasteiger charge is 2.13. The lowest BCUT2D eigenvalue weighted by molar-refractivity contribution is -0.137. The number of hydrogen-bond acceptors (Lipinski definition) is 4. The maximum Gasteiger partial charge on any atom is 0.391 e. The molecule has 0 aromatic rings. The standard InChI is InChI=1S/C21H37NO3/c1-2-3-4-5-6-7-8-9-10-11-12-13-14-15-16-17-20(23)25-21-22-18-19-24-21/h9-10H,2-8,11-19H2,1H3/b10-9-. The summed E-state index contributed by atoms with van der Waals surface area (Å²) in [5.41, 5.74) is 0. The van der Waals surface area contributed by atoms with E-state index in [0.717, 1.165) is 12.8 Å².